The molecule has 2 aromatic heterocycles. The van der Waals surface area contributed by atoms with E-state index in [1.807, 2.05) is 36.4 Å². The van der Waals surface area contributed by atoms with Crippen LogP contribution in [0.15, 0.2) is 59.5 Å². The fraction of sp³-hybridized carbons (Fsp3) is 0.263. The van der Waals surface area contributed by atoms with Gasteiger partial charge in [-0.05, 0) is 30.3 Å². The largest absolute Gasteiger partial charge is 0.467 e. The Balaban J connectivity index is 1.37. The van der Waals surface area contributed by atoms with Crippen LogP contribution in [0, 0.1) is 0 Å². The van der Waals surface area contributed by atoms with Gasteiger partial charge in [-0.3, -0.25) is 0 Å². The normalized spacial score (nSPS) is 14.5. The van der Waals surface area contributed by atoms with Crippen LogP contribution in [0.1, 0.15) is 5.76 Å². The van der Waals surface area contributed by atoms with Gasteiger partial charge in [0.15, 0.2) is 0 Å². The van der Waals surface area contributed by atoms with Gasteiger partial charge in [0.1, 0.15) is 23.7 Å². The van der Waals surface area contributed by atoms with Crippen LogP contribution >= 0.6 is 11.6 Å². The number of benzene rings is 1. The number of rotatable bonds is 5. The van der Waals surface area contributed by atoms with Gasteiger partial charge in [0.25, 0.3) is 0 Å². The molecule has 0 atom stereocenters. The van der Waals surface area contributed by atoms with Gasteiger partial charge in [0.05, 0.1) is 12.8 Å². The summed E-state index contributed by atoms with van der Waals surface area (Å²) in [7, 11) is 0. The number of nitrogens with zero attached hydrogens (tertiary/aromatic N) is 4. The van der Waals surface area contributed by atoms with Gasteiger partial charge in [-0.15, -0.1) is 0 Å². The lowest BCUT2D eigenvalue weighted by Gasteiger charge is -2.36. The van der Waals surface area contributed by atoms with E-state index < -0.39 is 0 Å². The lowest BCUT2D eigenvalue weighted by molar-refractivity contribution is 0.518. The van der Waals surface area contributed by atoms with E-state index in [4.69, 9.17) is 16.0 Å². The molecule has 1 aliphatic heterocycles. The minimum Gasteiger partial charge on any atom is -0.467 e. The van der Waals surface area contributed by atoms with E-state index in [1.54, 1.807) is 12.6 Å². The molecular weight excluding hydrogens is 350 g/mol. The molecule has 0 bridgehead atoms. The molecule has 1 fully saturated rings. The van der Waals surface area contributed by atoms with E-state index in [1.165, 1.54) is 5.69 Å². The number of halogens is 1. The highest BCUT2D eigenvalue weighted by Crippen LogP contribution is 2.23. The van der Waals surface area contributed by atoms with Gasteiger partial charge in [0, 0.05) is 43.0 Å². The fourth-order valence-corrected chi connectivity index (χ4v) is 3.26. The molecule has 0 spiro atoms. The van der Waals surface area contributed by atoms with Gasteiger partial charge >= 0.3 is 0 Å². The molecule has 26 heavy (non-hydrogen) atoms. The molecule has 0 radical (unpaired) electrons. The second-order valence-corrected chi connectivity index (χ2v) is 6.58. The molecule has 7 heteroatoms. The van der Waals surface area contributed by atoms with Gasteiger partial charge in [-0.2, -0.15) is 0 Å². The Morgan fingerprint density at radius 3 is 2.62 bits per heavy atom. The number of anilines is 3. The molecule has 0 unspecified atom stereocenters. The van der Waals surface area contributed by atoms with Crippen molar-refractivity contribution in [3.8, 4) is 0 Å². The van der Waals surface area contributed by atoms with Crippen LogP contribution in [0.4, 0.5) is 17.3 Å². The first-order valence-electron chi connectivity index (χ1n) is 8.62. The van der Waals surface area contributed by atoms with Crippen molar-refractivity contribution in [3.63, 3.8) is 0 Å². The van der Waals surface area contributed by atoms with Crippen LogP contribution in [-0.2, 0) is 6.54 Å². The summed E-state index contributed by atoms with van der Waals surface area (Å²) in [6.07, 6.45) is 3.27. The van der Waals surface area contributed by atoms with Crippen molar-refractivity contribution in [2.75, 3.05) is 41.3 Å². The summed E-state index contributed by atoms with van der Waals surface area (Å²) in [4.78, 5) is 13.3. The third kappa shape index (κ3) is 3.91. The van der Waals surface area contributed by atoms with Crippen LogP contribution in [0.3, 0.4) is 0 Å². The molecule has 1 saturated heterocycles. The SMILES string of the molecule is Clc1cccc(N2CCN(c3cc(NCc4ccco4)ncn3)CC2)c1. The minimum absolute atomic E-state index is 0.603. The van der Waals surface area contributed by atoms with Crippen LogP contribution < -0.4 is 15.1 Å². The van der Waals surface area contributed by atoms with E-state index in [0.717, 1.165) is 48.6 Å². The van der Waals surface area contributed by atoms with Gasteiger partial charge in [-0.25, -0.2) is 9.97 Å². The first-order valence-corrected chi connectivity index (χ1v) is 8.99. The monoisotopic (exact) mass is 369 g/mol. The summed E-state index contributed by atoms with van der Waals surface area (Å²) in [5, 5.41) is 4.04. The highest BCUT2D eigenvalue weighted by atomic mass is 35.5. The van der Waals surface area contributed by atoms with Crippen LogP contribution in [0.25, 0.3) is 0 Å². The number of nitrogens with one attached hydrogen (secondary N) is 1. The molecule has 134 valence electrons. The van der Waals surface area contributed by atoms with Crippen LogP contribution in [0.2, 0.25) is 5.02 Å². The molecule has 1 N–H and O–H groups in total. The molecular formula is C19H20ClN5O. The van der Waals surface area contributed by atoms with Crippen molar-refractivity contribution in [1.82, 2.24) is 9.97 Å². The smallest absolute Gasteiger partial charge is 0.134 e. The predicted molar refractivity (Wildman–Crippen MR) is 104 cm³/mol. The molecule has 3 aromatic rings. The van der Waals surface area contributed by atoms with Gasteiger partial charge in [-0.1, -0.05) is 17.7 Å². The van der Waals surface area contributed by atoms with E-state index >= 15 is 0 Å². The second kappa shape index (κ2) is 7.66. The molecule has 0 saturated carbocycles. The quantitative estimate of drug-likeness (QED) is 0.740. The van der Waals surface area contributed by atoms with Crippen LogP contribution in [0.5, 0.6) is 0 Å². The summed E-state index contributed by atoms with van der Waals surface area (Å²) < 4.78 is 5.33. The highest BCUT2D eigenvalue weighted by Gasteiger charge is 2.19. The molecule has 3 heterocycles. The zero-order valence-electron chi connectivity index (χ0n) is 14.3. The predicted octanol–water partition coefficient (Wildman–Crippen LogP) is 3.66. The van der Waals surface area contributed by atoms with Crippen molar-refractivity contribution in [2.45, 2.75) is 6.54 Å². The summed E-state index contributed by atoms with van der Waals surface area (Å²) in [6.45, 7) is 4.27. The van der Waals surface area contributed by atoms with E-state index in [9.17, 15) is 0 Å². The Hall–Kier alpha value is -2.73. The average molecular weight is 370 g/mol. The average Bonchev–Trinajstić information content (AvgIpc) is 3.20. The van der Waals surface area contributed by atoms with Crippen molar-refractivity contribution in [2.24, 2.45) is 0 Å². The molecule has 6 nitrogen and oxygen atoms in total. The van der Waals surface area contributed by atoms with Crippen molar-refractivity contribution in [3.05, 3.63) is 65.8 Å². The zero-order chi connectivity index (χ0) is 17.8. The molecule has 1 aliphatic rings. The lowest BCUT2D eigenvalue weighted by Crippen LogP contribution is -2.46. The zero-order valence-corrected chi connectivity index (χ0v) is 15.1. The molecule has 1 aromatic carbocycles. The maximum atomic E-state index is 6.11. The van der Waals surface area contributed by atoms with E-state index in [2.05, 4.69) is 31.2 Å². The number of aromatic nitrogens is 2. The second-order valence-electron chi connectivity index (χ2n) is 6.15. The third-order valence-electron chi connectivity index (χ3n) is 4.45. The first-order chi connectivity index (χ1) is 12.8. The van der Waals surface area contributed by atoms with Crippen molar-refractivity contribution < 1.29 is 4.42 Å². The highest BCUT2D eigenvalue weighted by molar-refractivity contribution is 6.30. The Labute approximate surface area is 157 Å². The van der Waals surface area contributed by atoms with Gasteiger partial charge in [0.2, 0.25) is 0 Å². The van der Waals surface area contributed by atoms with E-state index in [-0.39, 0.29) is 0 Å². The summed E-state index contributed by atoms with van der Waals surface area (Å²) in [5.41, 5.74) is 1.17. The molecule has 4 rings (SSSR count). The lowest BCUT2D eigenvalue weighted by atomic mass is 10.2. The van der Waals surface area contributed by atoms with Crippen molar-refractivity contribution in [1.29, 1.82) is 0 Å². The number of hydrogen-bond acceptors (Lipinski definition) is 6. The Kier molecular flexibility index (Phi) is 4.93. The Morgan fingerprint density at radius 1 is 1.00 bits per heavy atom. The minimum atomic E-state index is 0.603. The third-order valence-corrected chi connectivity index (χ3v) is 4.69. The molecule has 0 aliphatic carbocycles. The number of piperazine rings is 1. The van der Waals surface area contributed by atoms with Crippen molar-refractivity contribution >= 4 is 28.9 Å². The summed E-state index contributed by atoms with van der Waals surface area (Å²) >= 11 is 6.11. The topological polar surface area (TPSA) is 57.4 Å². The fourth-order valence-electron chi connectivity index (χ4n) is 3.07. The Bertz CT molecular complexity index is 847. The molecule has 0 amide bonds. The standard InChI is InChI=1S/C19H20ClN5O/c20-15-3-1-4-16(11-15)24-6-8-25(9-7-24)19-12-18(22-14-23-19)21-13-17-5-2-10-26-17/h1-5,10-12,14H,6-9,13H2,(H,21,22,23). The van der Waals surface area contributed by atoms with E-state index in [0.29, 0.717) is 6.54 Å². The summed E-state index contributed by atoms with van der Waals surface area (Å²) in [6, 6.07) is 13.8. The number of hydrogen-bond donors (Lipinski definition) is 1. The maximum absolute atomic E-state index is 6.11. The van der Waals surface area contributed by atoms with Crippen LogP contribution in [-0.4, -0.2) is 36.1 Å². The van der Waals surface area contributed by atoms with Gasteiger partial charge < -0.3 is 19.5 Å². The maximum Gasteiger partial charge on any atom is 0.134 e. The Morgan fingerprint density at radius 2 is 1.85 bits per heavy atom. The number of furan rings is 1. The summed E-state index contributed by atoms with van der Waals surface area (Å²) in [5.74, 6) is 2.61. The first kappa shape index (κ1) is 16.7.